The number of ether oxygens (including phenoxy) is 1. The molecule has 0 spiro atoms. The Labute approximate surface area is 111 Å². The molecule has 0 bridgehead atoms. The first-order valence-electron chi connectivity index (χ1n) is 5.65. The summed E-state index contributed by atoms with van der Waals surface area (Å²) >= 11 is 3.15. The molecule has 0 aliphatic carbocycles. The molecule has 1 atom stereocenters. The van der Waals surface area contributed by atoms with Crippen LogP contribution in [0.4, 0.5) is 10.8 Å². The molecule has 0 radical (unpaired) electrons. The van der Waals surface area contributed by atoms with Gasteiger partial charge in [-0.15, -0.1) is 11.8 Å². The molecular weight excluding hydrogens is 254 g/mol. The number of nitrogens with zero attached hydrogens (tertiary/aromatic N) is 2. The van der Waals surface area contributed by atoms with Gasteiger partial charge in [-0.3, -0.25) is 0 Å². The van der Waals surface area contributed by atoms with Gasteiger partial charge in [-0.1, -0.05) is 0 Å². The summed E-state index contributed by atoms with van der Waals surface area (Å²) in [5, 5.41) is 1.18. The molecule has 2 N–H and O–H groups in total. The maximum atomic E-state index is 5.91. The van der Waals surface area contributed by atoms with Crippen LogP contribution in [0.1, 0.15) is 20.8 Å². The second-order valence-corrected chi connectivity index (χ2v) is 6.54. The normalized spacial score (nSPS) is 24.0. The van der Waals surface area contributed by atoms with Crippen molar-refractivity contribution in [3.63, 3.8) is 0 Å². The van der Waals surface area contributed by atoms with Crippen LogP contribution in [0.25, 0.3) is 0 Å². The van der Waals surface area contributed by atoms with E-state index in [0.717, 1.165) is 18.0 Å². The second-order valence-electron chi connectivity index (χ2n) is 4.97. The Balaban J connectivity index is 2.27. The van der Waals surface area contributed by atoms with Gasteiger partial charge in [0.2, 0.25) is 0 Å². The molecule has 2 rings (SSSR count). The second kappa shape index (κ2) is 4.66. The number of nitrogens with two attached hydrogens (primary N) is 1. The van der Waals surface area contributed by atoms with Crippen molar-refractivity contribution in [3.05, 3.63) is 0 Å². The molecule has 1 aliphatic heterocycles. The molecule has 1 saturated heterocycles. The third-order valence-corrected chi connectivity index (χ3v) is 4.58. The summed E-state index contributed by atoms with van der Waals surface area (Å²) in [6.07, 6.45) is 2.27. The first kappa shape index (κ1) is 13.0. The predicted octanol–water partition coefficient (Wildman–Crippen LogP) is 2.45. The van der Waals surface area contributed by atoms with Crippen LogP contribution in [0.5, 0.6) is 0 Å². The summed E-state index contributed by atoms with van der Waals surface area (Å²) < 4.78 is 10.2. The molecule has 1 aromatic heterocycles. The first-order valence-corrected chi connectivity index (χ1v) is 7.64. The molecule has 1 unspecified atom stereocenters. The average Bonchev–Trinajstić information content (AvgIpc) is 2.56. The molecule has 0 amide bonds. The van der Waals surface area contributed by atoms with E-state index < -0.39 is 0 Å². The minimum atomic E-state index is -0.119. The summed E-state index contributed by atoms with van der Waals surface area (Å²) in [5.74, 6) is 0.648. The number of anilines is 2. The van der Waals surface area contributed by atoms with E-state index in [1.54, 1.807) is 11.8 Å². The van der Waals surface area contributed by atoms with E-state index in [1.165, 1.54) is 16.5 Å². The Morgan fingerprint density at radius 2 is 2.29 bits per heavy atom. The van der Waals surface area contributed by atoms with E-state index in [1.807, 2.05) is 6.26 Å². The van der Waals surface area contributed by atoms with Crippen LogP contribution < -0.4 is 10.6 Å². The molecular formula is C11H19N3OS2. The lowest BCUT2D eigenvalue weighted by Gasteiger charge is -2.42. The molecule has 1 fully saturated rings. The third-order valence-electron chi connectivity index (χ3n) is 2.72. The molecule has 1 aliphatic rings. The molecule has 0 saturated carbocycles. The lowest BCUT2D eigenvalue weighted by molar-refractivity contribution is -0.0749. The number of morpholine rings is 1. The number of aromatic nitrogens is 1. The molecule has 4 nitrogen and oxygen atoms in total. The Morgan fingerprint density at radius 3 is 2.88 bits per heavy atom. The minimum absolute atomic E-state index is 0.119. The summed E-state index contributed by atoms with van der Waals surface area (Å²) in [5.41, 5.74) is 5.76. The van der Waals surface area contributed by atoms with Gasteiger partial charge in [0, 0.05) is 13.1 Å². The third kappa shape index (κ3) is 2.69. The smallest absolute Gasteiger partial charge is 0.153 e. The van der Waals surface area contributed by atoms with Crippen LogP contribution in [0.2, 0.25) is 0 Å². The highest BCUT2D eigenvalue weighted by Gasteiger charge is 2.33. The zero-order chi connectivity index (χ0) is 12.6. The van der Waals surface area contributed by atoms with E-state index in [0.29, 0.717) is 5.82 Å². The van der Waals surface area contributed by atoms with Crippen LogP contribution in [-0.4, -0.2) is 35.4 Å². The highest BCUT2D eigenvalue weighted by atomic mass is 32.2. The largest absolute Gasteiger partial charge is 0.382 e. The molecule has 1 aromatic rings. The van der Waals surface area contributed by atoms with Crippen LogP contribution in [0.15, 0.2) is 4.90 Å². The SMILES string of the molecule is CSc1c(N)nsc1N1CC(C)OC(C)(C)C1. The van der Waals surface area contributed by atoms with Gasteiger partial charge >= 0.3 is 0 Å². The molecule has 0 aromatic carbocycles. The van der Waals surface area contributed by atoms with Crippen molar-refractivity contribution in [1.29, 1.82) is 0 Å². The fraction of sp³-hybridized carbons (Fsp3) is 0.727. The van der Waals surface area contributed by atoms with Gasteiger partial charge in [-0.05, 0) is 38.6 Å². The number of thioether (sulfide) groups is 1. The zero-order valence-electron chi connectivity index (χ0n) is 10.7. The van der Waals surface area contributed by atoms with Gasteiger partial charge in [0.25, 0.3) is 0 Å². The minimum Gasteiger partial charge on any atom is -0.382 e. The molecule has 2 heterocycles. The van der Waals surface area contributed by atoms with E-state index in [-0.39, 0.29) is 11.7 Å². The average molecular weight is 273 g/mol. The van der Waals surface area contributed by atoms with Gasteiger partial charge in [-0.25, -0.2) is 0 Å². The van der Waals surface area contributed by atoms with Crippen molar-refractivity contribution >= 4 is 34.1 Å². The van der Waals surface area contributed by atoms with E-state index in [4.69, 9.17) is 10.5 Å². The maximum absolute atomic E-state index is 5.91. The summed E-state index contributed by atoms with van der Waals surface area (Å²) in [6.45, 7) is 8.14. The number of nitrogen functional groups attached to an aromatic ring is 1. The number of rotatable bonds is 2. The van der Waals surface area contributed by atoms with Crippen LogP contribution in [0, 0.1) is 0 Å². The van der Waals surface area contributed by atoms with Crippen LogP contribution in [-0.2, 0) is 4.74 Å². The van der Waals surface area contributed by atoms with Crippen molar-refractivity contribution in [2.45, 2.75) is 37.4 Å². The van der Waals surface area contributed by atoms with Crippen molar-refractivity contribution in [3.8, 4) is 0 Å². The van der Waals surface area contributed by atoms with Crippen LogP contribution in [0.3, 0.4) is 0 Å². The molecule has 6 heteroatoms. The predicted molar refractivity (Wildman–Crippen MR) is 75.1 cm³/mol. The maximum Gasteiger partial charge on any atom is 0.153 e. The fourth-order valence-corrected chi connectivity index (χ4v) is 3.98. The zero-order valence-corrected chi connectivity index (χ0v) is 12.3. The number of hydrogen-bond donors (Lipinski definition) is 1. The van der Waals surface area contributed by atoms with Gasteiger partial charge in [0.1, 0.15) is 5.00 Å². The van der Waals surface area contributed by atoms with E-state index in [9.17, 15) is 0 Å². The topological polar surface area (TPSA) is 51.4 Å². The Hall–Kier alpha value is -0.460. The molecule has 96 valence electrons. The van der Waals surface area contributed by atoms with E-state index >= 15 is 0 Å². The molecule has 17 heavy (non-hydrogen) atoms. The summed E-state index contributed by atoms with van der Waals surface area (Å²) in [4.78, 5) is 3.44. The summed E-state index contributed by atoms with van der Waals surface area (Å²) in [6, 6.07) is 0. The Morgan fingerprint density at radius 1 is 1.59 bits per heavy atom. The van der Waals surface area contributed by atoms with Gasteiger partial charge < -0.3 is 15.4 Å². The standard InChI is InChI=1S/C11H19N3OS2/c1-7-5-14(6-11(2,3)15-7)10-8(16-4)9(12)13-17-10/h7H,5-6H2,1-4H3,(H2,12,13). The Kier molecular flexibility index (Phi) is 3.56. The highest BCUT2D eigenvalue weighted by molar-refractivity contribution is 7.99. The van der Waals surface area contributed by atoms with Gasteiger partial charge in [0.15, 0.2) is 5.82 Å². The Bertz CT molecular complexity index is 405. The van der Waals surface area contributed by atoms with Crippen molar-refractivity contribution in [1.82, 2.24) is 4.37 Å². The number of hydrogen-bond acceptors (Lipinski definition) is 6. The van der Waals surface area contributed by atoms with Gasteiger partial charge in [0.05, 0.1) is 16.6 Å². The van der Waals surface area contributed by atoms with Crippen molar-refractivity contribution in [2.24, 2.45) is 0 Å². The highest BCUT2D eigenvalue weighted by Crippen LogP contribution is 2.39. The fourth-order valence-electron chi connectivity index (χ4n) is 2.29. The summed E-state index contributed by atoms with van der Waals surface area (Å²) in [7, 11) is 0. The van der Waals surface area contributed by atoms with E-state index in [2.05, 4.69) is 30.0 Å². The monoisotopic (exact) mass is 273 g/mol. The lowest BCUT2D eigenvalue weighted by atomic mass is 10.1. The van der Waals surface area contributed by atoms with Crippen molar-refractivity contribution < 1.29 is 4.74 Å². The van der Waals surface area contributed by atoms with Crippen molar-refractivity contribution in [2.75, 3.05) is 30.0 Å². The van der Waals surface area contributed by atoms with Crippen LogP contribution >= 0.6 is 23.3 Å². The lowest BCUT2D eigenvalue weighted by Crippen LogP contribution is -2.51. The first-order chi connectivity index (χ1) is 7.93. The van der Waals surface area contributed by atoms with Gasteiger partial charge in [-0.2, -0.15) is 4.37 Å². The quantitative estimate of drug-likeness (QED) is 0.839.